The van der Waals surface area contributed by atoms with Gasteiger partial charge in [0.15, 0.2) is 17.1 Å². The van der Waals surface area contributed by atoms with Crippen molar-refractivity contribution in [1.82, 2.24) is 19.5 Å². The number of aromatic nitrogens is 3. The van der Waals surface area contributed by atoms with Crippen molar-refractivity contribution in [2.24, 2.45) is 0 Å². The van der Waals surface area contributed by atoms with Crippen LogP contribution in [0.3, 0.4) is 0 Å². The van der Waals surface area contributed by atoms with Crippen molar-refractivity contribution < 1.29 is 22.6 Å². The third-order valence-corrected chi connectivity index (χ3v) is 5.78. The number of benzene rings is 1. The molecule has 3 heterocycles. The van der Waals surface area contributed by atoms with E-state index in [1.54, 1.807) is 20.1 Å². The molecule has 6 nitrogen and oxygen atoms in total. The number of ether oxygens (including phenoxy) is 2. The Morgan fingerprint density at radius 1 is 1.12 bits per heavy atom. The Morgan fingerprint density at radius 2 is 1.94 bits per heavy atom. The molecular formula is C23H27F3N4O2. The molecule has 1 atom stereocenters. The van der Waals surface area contributed by atoms with Crippen molar-refractivity contribution in [3.05, 3.63) is 53.0 Å². The summed E-state index contributed by atoms with van der Waals surface area (Å²) in [6.07, 6.45) is -3.22. The van der Waals surface area contributed by atoms with Crippen LogP contribution in [-0.4, -0.2) is 46.3 Å². The minimum Gasteiger partial charge on any atom is -0.493 e. The van der Waals surface area contributed by atoms with Crippen molar-refractivity contribution in [3.8, 4) is 11.5 Å². The highest BCUT2D eigenvalue weighted by molar-refractivity contribution is 5.44. The summed E-state index contributed by atoms with van der Waals surface area (Å²) in [6, 6.07) is 8.66. The fraction of sp³-hybridized carbons (Fsp3) is 0.478. The van der Waals surface area contributed by atoms with Crippen LogP contribution in [0, 0.1) is 0 Å². The van der Waals surface area contributed by atoms with Gasteiger partial charge in [0.2, 0.25) is 0 Å². The second-order valence-electron chi connectivity index (χ2n) is 7.96. The molecule has 32 heavy (non-hydrogen) atoms. The van der Waals surface area contributed by atoms with Crippen LogP contribution in [0.4, 0.5) is 13.2 Å². The van der Waals surface area contributed by atoms with Gasteiger partial charge in [0.25, 0.3) is 0 Å². The number of halogens is 3. The SMILES string of the molecule is CCOc1cc(CN2CCC(c3cc4nc(CC)cc(C(F)(F)F)n4n3)C2)ccc1OC. The molecule has 1 aliphatic rings. The average molecular weight is 448 g/mol. The summed E-state index contributed by atoms with van der Waals surface area (Å²) in [5, 5.41) is 4.31. The lowest BCUT2D eigenvalue weighted by Crippen LogP contribution is -2.20. The number of nitrogens with zero attached hydrogens (tertiary/aromatic N) is 4. The Bertz CT molecular complexity index is 1100. The van der Waals surface area contributed by atoms with Crippen LogP contribution in [0.5, 0.6) is 11.5 Å². The molecule has 0 saturated carbocycles. The average Bonchev–Trinajstić information content (AvgIpc) is 3.39. The normalized spacial score (nSPS) is 17.2. The molecule has 0 aliphatic carbocycles. The summed E-state index contributed by atoms with van der Waals surface area (Å²) in [6.45, 7) is 6.55. The maximum Gasteiger partial charge on any atom is 0.433 e. The third kappa shape index (κ3) is 4.53. The molecule has 0 bridgehead atoms. The van der Waals surface area contributed by atoms with Crippen LogP contribution in [0.15, 0.2) is 30.3 Å². The first kappa shape index (κ1) is 22.4. The van der Waals surface area contributed by atoms with Crippen LogP contribution >= 0.6 is 0 Å². The van der Waals surface area contributed by atoms with Gasteiger partial charge in [-0.05, 0) is 50.1 Å². The van der Waals surface area contributed by atoms with Gasteiger partial charge in [-0.1, -0.05) is 13.0 Å². The molecule has 4 rings (SSSR count). The van der Waals surface area contributed by atoms with Gasteiger partial charge < -0.3 is 9.47 Å². The van der Waals surface area contributed by atoms with Gasteiger partial charge in [-0.15, -0.1) is 0 Å². The van der Waals surface area contributed by atoms with Gasteiger partial charge in [-0.2, -0.15) is 18.3 Å². The second kappa shape index (κ2) is 8.97. The van der Waals surface area contributed by atoms with Gasteiger partial charge >= 0.3 is 6.18 Å². The summed E-state index contributed by atoms with van der Waals surface area (Å²) in [7, 11) is 1.61. The van der Waals surface area contributed by atoms with E-state index in [0.29, 0.717) is 35.9 Å². The van der Waals surface area contributed by atoms with E-state index in [9.17, 15) is 13.2 Å². The summed E-state index contributed by atoms with van der Waals surface area (Å²) >= 11 is 0. The summed E-state index contributed by atoms with van der Waals surface area (Å²) in [5.41, 5.74) is 1.64. The number of likely N-dealkylation sites (tertiary alicyclic amines) is 1. The van der Waals surface area contributed by atoms with Crippen molar-refractivity contribution in [3.63, 3.8) is 0 Å². The number of hydrogen-bond donors (Lipinski definition) is 0. The predicted molar refractivity (Wildman–Crippen MR) is 114 cm³/mol. The zero-order chi connectivity index (χ0) is 22.9. The quantitative estimate of drug-likeness (QED) is 0.524. The molecule has 172 valence electrons. The lowest BCUT2D eigenvalue weighted by atomic mass is 10.1. The zero-order valence-corrected chi connectivity index (χ0v) is 18.4. The summed E-state index contributed by atoms with van der Waals surface area (Å²) < 4.78 is 52.6. The van der Waals surface area contributed by atoms with Crippen LogP contribution in [0.25, 0.3) is 5.65 Å². The molecule has 1 fully saturated rings. The molecular weight excluding hydrogens is 421 g/mol. The largest absolute Gasteiger partial charge is 0.493 e. The maximum atomic E-state index is 13.6. The first-order chi connectivity index (χ1) is 15.3. The van der Waals surface area contributed by atoms with E-state index in [0.717, 1.165) is 42.2 Å². The molecule has 1 saturated heterocycles. The Hall–Kier alpha value is -2.81. The molecule has 0 spiro atoms. The second-order valence-corrected chi connectivity index (χ2v) is 7.96. The van der Waals surface area contributed by atoms with E-state index < -0.39 is 11.9 Å². The monoisotopic (exact) mass is 448 g/mol. The first-order valence-corrected chi connectivity index (χ1v) is 10.8. The highest BCUT2D eigenvalue weighted by atomic mass is 19.4. The van der Waals surface area contributed by atoms with Crippen LogP contribution in [-0.2, 0) is 19.1 Å². The van der Waals surface area contributed by atoms with Crippen LogP contribution < -0.4 is 9.47 Å². The first-order valence-electron chi connectivity index (χ1n) is 10.8. The fourth-order valence-corrected chi connectivity index (χ4v) is 4.19. The van der Waals surface area contributed by atoms with Gasteiger partial charge in [0.05, 0.1) is 19.4 Å². The number of rotatable bonds is 7. The number of hydrogen-bond acceptors (Lipinski definition) is 5. The molecule has 1 unspecified atom stereocenters. The number of alkyl halides is 3. The summed E-state index contributed by atoms with van der Waals surface area (Å²) in [4.78, 5) is 6.63. The van der Waals surface area contributed by atoms with Gasteiger partial charge in [0, 0.05) is 30.8 Å². The summed E-state index contributed by atoms with van der Waals surface area (Å²) in [5.74, 6) is 1.47. The van der Waals surface area contributed by atoms with E-state index in [4.69, 9.17) is 9.47 Å². The number of fused-ring (bicyclic) bond motifs is 1. The van der Waals surface area contributed by atoms with Crippen molar-refractivity contribution in [2.45, 2.75) is 45.3 Å². The van der Waals surface area contributed by atoms with E-state index in [1.807, 2.05) is 25.1 Å². The molecule has 3 aromatic rings. The molecule has 9 heteroatoms. The molecule has 1 aromatic carbocycles. The number of aryl methyl sites for hydroxylation is 1. The highest BCUT2D eigenvalue weighted by Crippen LogP contribution is 2.34. The lowest BCUT2D eigenvalue weighted by Gasteiger charge is -2.17. The third-order valence-electron chi connectivity index (χ3n) is 5.78. The minimum atomic E-state index is -4.48. The predicted octanol–water partition coefficient (Wildman–Crippen LogP) is 4.71. The fourth-order valence-electron chi connectivity index (χ4n) is 4.19. The lowest BCUT2D eigenvalue weighted by molar-refractivity contribution is -0.142. The van der Waals surface area contributed by atoms with Crippen LogP contribution in [0.2, 0.25) is 0 Å². The Kier molecular flexibility index (Phi) is 6.28. The van der Waals surface area contributed by atoms with Gasteiger partial charge in [-0.25, -0.2) is 9.50 Å². The Morgan fingerprint density at radius 3 is 2.62 bits per heavy atom. The van der Waals surface area contributed by atoms with E-state index in [1.165, 1.54) is 0 Å². The minimum absolute atomic E-state index is 0.0625. The van der Waals surface area contributed by atoms with Crippen LogP contribution in [0.1, 0.15) is 48.8 Å². The molecule has 0 N–H and O–H groups in total. The highest BCUT2D eigenvalue weighted by Gasteiger charge is 2.36. The molecule has 1 aliphatic heterocycles. The molecule has 0 radical (unpaired) electrons. The Labute approximate surface area is 185 Å². The Balaban J connectivity index is 1.53. The van der Waals surface area contributed by atoms with E-state index in [-0.39, 0.29) is 11.6 Å². The number of methoxy groups -OCH3 is 1. The topological polar surface area (TPSA) is 51.9 Å². The molecule has 2 aromatic heterocycles. The standard InChI is InChI=1S/C23H27F3N4O2/c1-4-17-11-21(23(24,25)26)30-22(27-17)12-18(28-30)16-8-9-29(14-16)13-15-6-7-19(31-3)20(10-15)32-5-2/h6-7,10-12,16H,4-5,8-9,13-14H2,1-3H3. The van der Waals surface area contributed by atoms with Gasteiger partial charge in [-0.3, -0.25) is 4.90 Å². The zero-order valence-electron chi connectivity index (χ0n) is 18.4. The van der Waals surface area contributed by atoms with Crippen molar-refractivity contribution in [2.75, 3.05) is 26.8 Å². The van der Waals surface area contributed by atoms with E-state index in [2.05, 4.69) is 15.0 Å². The van der Waals surface area contributed by atoms with Crippen molar-refractivity contribution in [1.29, 1.82) is 0 Å². The molecule has 0 amide bonds. The van der Waals surface area contributed by atoms with Crippen molar-refractivity contribution >= 4 is 5.65 Å². The van der Waals surface area contributed by atoms with Gasteiger partial charge in [0.1, 0.15) is 5.69 Å². The maximum absolute atomic E-state index is 13.6. The smallest absolute Gasteiger partial charge is 0.433 e. The van der Waals surface area contributed by atoms with E-state index >= 15 is 0 Å².